The quantitative estimate of drug-likeness (QED) is 0.676. The zero-order valence-corrected chi connectivity index (χ0v) is 20.3. The molecule has 2 heterocycles. The average Bonchev–Trinajstić information content (AvgIpc) is 3.57. The van der Waals surface area contributed by atoms with Gasteiger partial charge in [0.25, 0.3) is 0 Å². The number of amides is 2. The van der Waals surface area contributed by atoms with E-state index in [1.165, 1.54) is 18.4 Å². The van der Waals surface area contributed by atoms with Crippen LogP contribution in [0, 0.1) is 5.92 Å². The molecule has 0 unspecified atom stereocenters. The van der Waals surface area contributed by atoms with Crippen molar-refractivity contribution in [3.63, 3.8) is 0 Å². The molecule has 0 bridgehead atoms. The van der Waals surface area contributed by atoms with E-state index in [9.17, 15) is 13.2 Å². The summed E-state index contributed by atoms with van der Waals surface area (Å²) >= 11 is 0. The highest BCUT2D eigenvalue weighted by Gasteiger charge is 2.56. The van der Waals surface area contributed by atoms with Gasteiger partial charge in [0.1, 0.15) is 9.84 Å². The van der Waals surface area contributed by atoms with Gasteiger partial charge in [-0.2, -0.15) is 0 Å². The van der Waals surface area contributed by atoms with Gasteiger partial charge in [-0.3, -0.25) is 4.90 Å². The molecule has 0 radical (unpaired) electrons. The van der Waals surface area contributed by atoms with Gasteiger partial charge in [-0.25, -0.2) is 13.2 Å². The number of nitrogens with zero attached hydrogens (tertiary/aromatic N) is 3. The molecule has 1 aromatic rings. The summed E-state index contributed by atoms with van der Waals surface area (Å²) in [5.74, 6) is 1.08. The molecule has 0 aromatic heterocycles. The number of hydrogen-bond donors (Lipinski definition) is 0. The molecule has 2 saturated heterocycles. The highest BCUT2D eigenvalue weighted by molar-refractivity contribution is 7.91. The second-order valence-electron chi connectivity index (χ2n) is 10.9. The molecule has 1 spiro atoms. The normalized spacial score (nSPS) is 30.4. The standard InChI is InChI=1S/C25H37N3O3S/c1-26(2)25(21-6-4-3-5-7-21)14-12-24(13-15-25)19-27(22-10-16-32(30,31)17-11-22)23(29)28(24)18-20-8-9-20/h3-7,20,22H,8-19H2,1-2H3/t24-,25+. The third-order valence-corrected chi connectivity index (χ3v) is 10.5. The van der Waals surface area contributed by atoms with Crippen molar-refractivity contribution in [2.24, 2.45) is 5.92 Å². The molecule has 4 fully saturated rings. The summed E-state index contributed by atoms with van der Waals surface area (Å²) in [6.07, 6.45) is 7.71. The third-order valence-electron chi connectivity index (χ3n) is 8.79. The van der Waals surface area contributed by atoms with Crippen LogP contribution in [0.3, 0.4) is 0 Å². The van der Waals surface area contributed by atoms with Crippen LogP contribution in [0.1, 0.15) is 56.9 Å². The first kappa shape index (κ1) is 22.2. The van der Waals surface area contributed by atoms with Crippen LogP contribution in [0.2, 0.25) is 0 Å². The van der Waals surface area contributed by atoms with Crippen LogP contribution in [0.15, 0.2) is 30.3 Å². The van der Waals surface area contributed by atoms with Crippen molar-refractivity contribution in [1.82, 2.24) is 14.7 Å². The minimum Gasteiger partial charge on any atom is -0.319 e. The van der Waals surface area contributed by atoms with Gasteiger partial charge < -0.3 is 9.80 Å². The van der Waals surface area contributed by atoms with E-state index in [0.29, 0.717) is 18.8 Å². The number of rotatable bonds is 5. The lowest BCUT2D eigenvalue weighted by Gasteiger charge is -2.51. The Kier molecular flexibility index (Phi) is 5.56. The highest BCUT2D eigenvalue weighted by atomic mass is 32.2. The maximum Gasteiger partial charge on any atom is 0.320 e. The number of hydrogen-bond acceptors (Lipinski definition) is 4. The molecule has 0 N–H and O–H groups in total. The van der Waals surface area contributed by atoms with Crippen molar-refractivity contribution in [3.8, 4) is 0 Å². The molecule has 5 rings (SSSR count). The van der Waals surface area contributed by atoms with E-state index >= 15 is 0 Å². The van der Waals surface area contributed by atoms with Crippen LogP contribution < -0.4 is 0 Å². The van der Waals surface area contributed by atoms with Crippen molar-refractivity contribution >= 4 is 15.9 Å². The van der Waals surface area contributed by atoms with E-state index in [2.05, 4.69) is 59.1 Å². The summed E-state index contributed by atoms with van der Waals surface area (Å²) in [4.78, 5) is 20.3. The zero-order valence-electron chi connectivity index (χ0n) is 19.5. The number of carbonyl (C=O) groups is 1. The first-order valence-electron chi connectivity index (χ1n) is 12.3. The first-order valence-corrected chi connectivity index (χ1v) is 14.1. The molecular formula is C25H37N3O3S. The van der Waals surface area contributed by atoms with E-state index < -0.39 is 9.84 Å². The molecule has 1 aromatic carbocycles. The third kappa shape index (κ3) is 3.85. The molecule has 32 heavy (non-hydrogen) atoms. The SMILES string of the molecule is CN(C)[C@]1(c2ccccc2)CC[C@]2(CC1)CN(C1CCS(=O)(=O)CC1)C(=O)N2CC1CC1. The maximum absolute atomic E-state index is 13.7. The van der Waals surface area contributed by atoms with Crippen LogP contribution in [-0.2, 0) is 15.4 Å². The van der Waals surface area contributed by atoms with Crippen molar-refractivity contribution in [2.75, 3.05) is 38.7 Å². The minimum atomic E-state index is -2.93. The molecule has 0 atom stereocenters. The van der Waals surface area contributed by atoms with Crippen LogP contribution in [0.25, 0.3) is 0 Å². The lowest BCUT2D eigenvalue weighted by atomic mass is 9.68. The number of carbonyl (C=O) groups excluding carboxylic acids is 1. The topological polar surface area (TPSA) is 60.9 Å². The molecule has 7 heteroatoms. The second kappa shape index (κ2) is 8.01. The molecule has 176 valence electrons. The smallest absolute Gasteiger partial charge is 0.319 e. The van der Waals surface area contributed by atoms with Crippen molar-refractivity contribution in [2.45, 2.75) is 68.5 Å². The Bertz CT molecular complexity index is 936. The van der Waals surface area contributed by atoms with Gasteiger partial charge in [0.15, 0.2) is 0 Å². The zero-order chi connectivity index (χ0) is 22.6. The largest absolute Gasteiger partial charge is 0.320 e. The van der Waals surface area contributed by atoms with Crippen molar-refractivity contribution < 1.29 is 13.2 Å². The van der Waals surface area contributed by atoms with Crippen LogP contribution in [-0.4, -0.2) is 79.4 Å². The Morgan fingerprint density at radius 1 is 0.969 bits per heavy atom. The Labute approximate surface area is 192 Å². The fraction of sp³-hybridized carbons (Fsp3) is 0.720. The van der Waals surface area contributed by atoms with Gasteiger partial charge in [-0.15, -0.1) is 0 Å². The highest BCUT2D eigenvalue weighted by Crippen LogP contribution is 2.50. The van der Waals surface area contributed by atoms with Crippen LogP contribution >= 0.6 is 0 Å². The number of sulfone groups is 1. The summed E-state index contributed by atoms with van der Waals surface area (Å²) in [5.41, 5.74) is 1.27. The molecule has 2 saturated carbocycles. The second-order valence-corrected chi connectivity index (χ2v) is 13.2. The van der Waals surface area contributed by atoms with Crippen LogP contribution in [0.5, 0.6) is 0 Å². The molecule has 2 aliphatic heterocycles. The Hall–Kier alpha value is -1.60. The summed E-state index contributed by atoms with van der Waals surface area (Å²) in [6.45, 7) is 1.64. The predicted molar refractivity (Wildman–Crippen MR) is 126 cm³/mol. The fourth-order valence-corrected chi connectivity index (χ4v) is 7.90. The van der Waals surface area contributed by atoms with E-state index in [4.69, 9.17) is 0 Å². The Morgan fingerprint density at radius 3 is 2.16 bits per heavy atom. The van der Waals surface area contributed by atoms with E-state index in [1.807, 2.05) is 0 Å². The number of benzene rings is 1. The minimum absolute atomic E-state index is 0.00709. The maximum atomic E-state index is 13.7. The molecule has 2 amide bonds. The van der Waals surface area contributed by atoms with Crippen LogP contribution in [0.4, 0.5) is 4.79 Å². The lowest BCUT2D eigenvalue weighted by Crippen LogP contribution is -2.55. The van der Waals surface area contributed by atoms with Crippen molar-refractivity contribution in [1.29, 1.82) is 0 Å². The summed E-state index contributed by atoms with van der Waals surface area (Å²) in [7, 11) is 1.43. The van der Waals surface area contributed by atoms with E-state index in [-0.39, 0.29) is 34.7 Å². The monoisotopic (exact) mass is 459 g/mol. The summed E-state index contributed by atoms with van der Waals surface area (Å²) < 4.78 is 23.9. The summed E-state index contributed by atoms with van der Waals surface area (Å²) in [5, 5.41) is 0. The Balaban J connectivity index is 1.39. The van der Waals surface area contributed by atoms with Gasteiger partial charge in [0, 0.05) is 24.7 Å². The van der Waals surface area contributed by atoms with E-state index in [1.54, 1.807) is 0 Å². The number of urea groups is 1. The fourth-order valence-electron chi connectivity index (χ4n) is 6.43. The average molecular weight is 460 g/mol. The van der Waals surface area contributed by atoms with Crippen molar-refractivity contribution in [3.05, 3.63) is 35.9 Å². The van der Waals surface area contributed by atoms with Gasteiger partial charge in [-0.05, 0) is 76.9 Å². The van der Waals surface area contributed by atoms with E-state index in [0.717, 1.165) is 38.8 Å². The lowest BCUT2D eigenvalue weighted by molar-refractivity contribution is 0.0227. The molecule has 2 aliphatic carbocycles. The molecular weight excluding hydrogens is 422 g/mol. The van der Waals surface area contributed by atoms with Gasteiger partial charge in [0.05, 0.1) is 17.0 Å². The van der Waals surface area contributed by atoms with Gasteiger partial charge in [-0.1, -0.05) is 30.3 Å². The van der Waals surface area contributed by atoms with Gasteiger partial charge >= 0.3 is 6.03 Å². The van der Waals surface area contributed by atoms with Gasteiger partial charge in [0.2, 0.25) is 0 Å². The first-order chi connectivity index (χ1) is 15.2. The Morgan fingerprint density at radius 2 is 1.59 bits per heavy atom. The summed E-state index contributed by atoms with van der Waals surface area (Å²) in [6, 6.07) is 11.1. The molecule has 6 nitrogen and oxygen atoms in total. The molecule has 4 aliphatic rings. The predicted octanol–water partition coefficient (Wildman–Crippen LogP) is 3.48.